The molecule has 2 aromatic rings. The monoisotopic (exact) mass is 324 g/mol. The first-order valence-corrected chi connectivity index (χ1v) is 7.87. The highest BCUT2D eigenvalue weighted by atomic mass is 127. The van der Waals surface area contributed by atoms with Crippen LogP contribution in [-0.2, 0) is 7.05 Å². The maximum absolute atomic E-state index is 4.74. The summed E-state index contributed by atoms with van der Waals surface area (Å²) in [4.78, 5) is 4.74. The van der Waals surface area contributed by atoms with Crippen molar-refractivity contribution >= 4 is 35.8 Å². The Balaban J connectivity index is 2.13. The Morgan fingerprint density at radius 3 is 3.00 bits per heavy atom. The summed E-state index contributed by atoms with van der Waals surface area (Å²) in [6, 6.07) is 8.34. The highest BCUT2D eigenvalue weighted by Crippen LogP contribution is 2.27. The number of fused-ring (bicyclic) bond motifs is 1. The van der Waals surface area contributed by atoms with E-state index in [1.807, 2.05) is 6.07 Å². The second-order valence-corrected chi connectivity index (χ2v) is 6.28. The fourth-order valence-electron chi connectivity index (χ4n) is 2.09. The predicted octanol–water partition coefficient (Wildman–Crippen LogP) is 3.35. The fraction of sp³-hybridized carbons (Fsp3) is 0.231. The van der Waals surface area contributed by atoms with E-state index in [-0.39, 0.29) is 20.7 Å². The Hall–Kier alpha value is -0.970. The number of rotatable bonds is 1. The summed E-state index contributed by atoms with van der Waals surface area (Å²) < 4.78 is 7.00. The number of imidazole rings is 1. The molecule has 0 bridgehead atoms. The molecule has 3 heteroatoms. The number of aromatic nitrogens is 2. The molecule has 0 N–H and O–H groups in total. The van der Waals surface area contributed by atoms with E-state index in [4.69, 9.17) is 4.98 Å². The maximum atomic E-state index is 4.74. The molecule has 1 aromatic heterocycles. The van der Waals surface area contributed by atoms with Gasteiger partial charge in [-0.1, -0.05) is 38.9 Å². The van der Waals surface area contributed by atoms with Gasteiger partial charge in [-0.05, 0) is 26.6 Å². The Bertz CT molecular complexity index is 581. The van der Waals surface area contributed by atoms with E-state index in [1.54, 1.807) is 0 Å². The molecule has 82 valence electrons. The molecule has 1 atom stereocenters. The number of aryl methyl sites for hydroxylation is 1. The van der Waals surface area contributed by atoms with Crippen LogP contribution < -0.4 is 0 Å². The smallest absolute Gasteiger partial charge is 0.116 e. The molecule has 1 unspecified atom stereocenters. The average molecular weight is 324 g/mol. The van der Waals surface area contributed by atoms with Gasteiger partial charge in [0, 0.05) is 13.0 Å². The molecular weight excluding hydrogens is 311 g/mol. The molecule has 2 nitrogen and oxygen atoms in total. The second-order valence-electron chi connectivity index (χ2n) is 3.96. The van der Waals surface area contributed by atoms with Crippen LogP contribution in [0.3, 0.4) is 0 Å². The zero-order chi connectivity index (χ0) is 11.0. The molecule has 0 spiro atoms. The largest absolute Gasteiger partial charge is 0.331 e. The topological polar surface area (TPSA) is 17.8 Å². The van der Waals surface area contributed by atoms with Crippen LogP contribution in [0.2, 0.25) is 0 Å². The minimum Gasteiger partial charge on any atom is -0.331 e. The van der Waals surface area contributed by atoms with Crippen LogP contribution in [0.15, 0.2) is 34.4 Å². The number of halogens is 1. The van der Waals surface area contributed by atoms with E-state index >= 15 is 0 Å². The maximum Gasteiger partial charge on any atom is 0.116 e. The summed E-state index contributed by atoms with van der Waals surface area (Å²) in [5.74, 6) is 1.67. The lowest BCUT2D eigenvalue weighted by Gasteiger charge is -2.12. The Kier molecular flexibility index (Phi) is 2.63. The van der Waals surface area contributed by atoms with Crippen LogP contribution in [-0.4, -0.2) is 13.6 Å². The normalized spacial score (nSPS) is 19.9. The van der Waals surface area contributed by atoms with Gasteiger partial charge in [0.2, 0.25) is 0 Å². The second kappa shape index (κ2) is 4.13. The molecule has 16 heavy (non-hydrogen) atoms. The van der Waals surface area contributed by atoms with Crippen molar-refractivity contribution in [1.82, 2.24) is 9.55 Å². The van der Waals surface area contributed by atoms with E-state index in [1.165, 1.54) is 11.3 Å². The number of hydrogen-bond donors (Lipinski definition) is 0. The molecule has 1 aliphatic rings. The van der Waals surface area contributed by atoms with Crippen molar-refractivity contribution < 1.29 is 0 Å². The number of allylic oxidation sites excluding steroid dienone is 1. The summed E-state index contributed by atoms with van der Waals surface area (Å²) in [6.07, 6.45) is 3.48. The first-order chi connectivity index (χ1) is 7.86. The number of hydrogen-bond acceptors (Lipinski definition) is 1. The Labute approximate surface area is 105 Å². The van der Waals surface area contributed by atoms with Crippen molar-refractivity contribution in [2.75, 3.05) is 0 Å². The van der Waals surface area contributed by atoms with Crippen molar-refractivity contribution in [2.24, 2.45) is 7.05 Å². The van der Waals surface area contributed by atoms with Gasteiger partial charge in [-0.25, -0.2) is 4.98 Å². The number of benzene rings is 1. The van der Waals surface area contributed by atoms with Crippen molar-refractivity contribution in [3.63, 3.8) is 0 Å². The SMILES string of the molecule is Cn1c(C2C=CI=CC2)nc2ccccc21. The van der Waals surface area contributed by atoms with Gasteiger partial charge in [0.05, 0.1) is 11.0 Å². The summed E-state index contributed by atoms with van der Waals surface area (Å²) in [6.45, 7) is 0. The molecule has 3 rings (SSSR count). The van der Waals surface area contributed by atoms with Crippen LogP contribution in [0, 0.1) is 0 Å². The molecule has 2 heterocycles. The molecule has 1 aromatic carbocycles. The van der Waals surface area contributed by atoms with Gasteiger partial charge < -0.3 is 4.57 Å². The van der Waals surface area contributed by atoms with Crippen molar-refractivity contribution in [1.29, 1.82) is 0 Å². The third-order valence-corrected chi connectivity index (χ3v) is 4.81. The summed E-state index contributed by atoms with van der Waals surface area (Å²) in [7, 11) is 2.11. The summed E-state index contributed by atoms with van der Waals surface area (Å²) in [5.41, 5.74) is 2.33. The highest BCUT2D eigenvalue weighted by molar-refractivity contribution is 14.2. The molecule has 0 radical (unpaired) electrons. The third kappa shape index (κ3) is 1.63. The van der Waals surface area contributed by atoms with Gasteiger partial charge in [-0.15, -0.1) is 0 Å². The van der Waals surface area contributed by atoms with Gasteiger partial charge in [-0.3, -0.25) is 0 Å². The molecule has 0 fully saturated rings. The number of para-hydroxylation sites is 2. The average Bonchev–Trinajstić information content (AvgIpc) is 2.69. The van der Waals surface area contributed by atoms with Gasteiger partial charge in [0.25, 0.3) is 0 Å². The molecular formula is C13H13IN2. The van der Waals surface area contributed by atoms with Gasteiger partial charge >= 0.3 is 0 Å². The van der Waals surface area contributed by atoms with Crippen LogP contribution in [0.4, 0.5) is 0 Å². The minimum absolute atomic E-state index is 0.219. The minimum atomic E-state index is 0.219. The molecule has 1 aliphatic heterocycles. The molecule has 0 aliphatic carbocycles. The van der Waals surface area contributed by atoms with Crippen LogP contribution >= 0.6 is 20.7 Å². The molecule has 0 saturated heterocycles. The fourth-order valence-corrected chi connectivity index (χ4v) is 3.97. The highest BCUT2D eigenvalue weighted by Gasteiger charge is 2.15. The van der Waals surface area contributed by atoms with Crippen molar-refractivity contribution in [2.45, 2.75) is 12.3 Å². The zero-order valence-electron chi connectivity index (χ0n) is 9.10. The predicted molar refractivity (Wildman–Crippen MR) is 77.3 cm³/mol. The Morgan fingerprint density at radius 1 is 1.38 bits per heavy atom. The van der Waals surface area contributed by atoms with E-state index in [0.29, 0.717) is 5.92 Å². The molecule has 0 saturated carbocycles. The molecule has 0 amide bonds. The van der Waals surface area contributed by atoms with Gasteiger partial charge in [0.15, 0.2) is 0 Å². The van der Waals surface area contributed by atoms with E-state index in [9.17, 15) is 0 Å². The zero-order valence-corrected chi connectivity index (χ0v) is 11.3. The van der Waals surface area contributed by atoms with E-state index < -0.39 is 0 Å². The third-order valence-electron chi connectivity index (χ3n) is 2.96. The number of nitrogens with zero attached hydrogens (tertiary/aromatic N) is 2. The van der Waals surface area contributed by atoms with Gasteiger partial charge in [-0.2, -0.15) is 0 Å². The lowest BCUT2D eigenvalue weighted by Crippen LogP contribution is -2.05. The Morgan fingerprint density at radius 2 is 2.25 bits per heavy atom. The first kappa shape index (κ1) is 10.2. The lowest BCUT2D eigenvalue weighted by molar-refractivity contribution is 0.748. The van der Waals surface area contributed by atoms with Gasteiger partial charge in [0.1, 0.15) is 5.82 Å². The van der Waals surface area contributed by atoms with Crippen LogP contribution in [0.1, 0.15) is 18.2 Å². The van der Waals surface area contributed by atoms with Crippen molar-refractivity contribution in [3.8, 4) is 0 Å². The quantitative estimate of drug-likeness (QED) is 0.736. The lowest BCUT2D eigenvalue weighted by atomic mass is 10.1. The standard InChI is InChI=1S/C13H13IN2/c1-16-12-5-3-2-4-11(12)15-13(16)10-6-8-14-9-7-10/h2-6,8-10H,7H2,1H3. The van der Waals surface area contributed by atoms with Crippen LogP contribution in [0.5, 0.6) is 0 Å². The summed E-state index contributed by atoms with van der Waals surface area (Å²) >= 11 is 0.219. The van der Waals surface area contributed by atoms with E-state index in [2.05, 4.69) is 44.0 Å². The van der Waals surface area contributed by atoms with Crippen molar-refractivity contribution in [3.05, 3.63) is 40.2 Å². The first-order valence-electron chi connectivity index (χ1n) is 5.38. The summed E-state index contributed by atoms with van der Waals surface area (Å²) in [5, 5.41) is 0. The van der Waals surface area contributed by atoms with Crippen LogP contribution in [0.25, 0.3) is 11.0 Å². The van der Waals surface area contributed by atoms with E-state index in [0.717, 1.165) is 11.9 Å².